The fourth-order valence-corrected chi connectivity index (χ4v) is 1.87. The third-order valence-electron chi connectivity index (χ3n) is 2.73. The second-order valence-electron chi connectivity index (χ2n) is 4.21. The normalized spacial score (nSPS) is 30.5. The summed E-state index contributed by atoms with van der Waals surface area (Å²) in [7, 11) is 0. The third kappa shape index (κ3) is 2.30. The Morgan fingerprint density at radius 2 is 2.13 bits per heavy atom. The van der Waals surface area contributed by atoms with Crippen LogP contribution in [0.4, 0.5) is 0 Å². The summed E-state index contributed by atoms with van der Waals surface area (Å²) in [5.41, 5.74) is 0. The van der Waals surface area contributed by atoms with Gasteiger partial charge in [0.05, 0.1) is 12.5 Å². The van der Waals surface area contributed by atoms with Crippen LogP contribution in [0, 0.1) is 17.8 Å². The molecule has 1 fully saturated rings. The van der Waals surface area contributed by atoms with E-state index in [0.717, 1.165) is 0 Å². The average Bonchev–Trinajstić information content (AvgIpc) is 2.44. The Balaban J connectivity index is 2.81. The molecule has 4 nitrogen and oxygen atoms in total. The Morgan fingerprint density at radius 1 is 1.53 bits per heavy atom. The van der Waals surface area contributed by atoms with E-state index in [9.17, 15) is 9.59 Å². The van der Waals surface area contributed by atoms with Crippen molar-refractivity contribution in [3.8, 4) is 0 Å². The van der Waals surface area contributed by atoms with Gasteiger partial charge in [0.25, 0.3) is 0 Å². The van der Waals surface area contributed by atoms with Crippen LogP contribution in [0.1, 0.15) is 27.7 Å². The number of carbonyl (C=O) groups is 2. The summed E-state index contributed by atoms with van der Waals surface area (Å²) < 4.78 is 10.1. The number of esters is 2. The molecule has 0 aromatic carbocycles. The van der Waals surface area contributed by atoms with Gasteiger partial charge in [0, 0.05) is 0 Å². The van der Waals surface area contributed by atoms with Crippen molar-refractivity contribution >= 4 is 11.9 Å². The maximum Gasteiger partial charge on any atom is 0.313 e. The van der Waals surface area contributed by atoms with Crippen LogP contribution in [0.5, 0.6) is 0 Å². The highest BCUT2D eigenvalue weighted by atomic mass is 16.6. The Morgan fingerprint density at radius 3 is 2.60 bits per heavy atom. The van der Waals surface area contributed by atoms with Gasteiger partial charge in [-0.05, 0) is 12.8 Å². The van der Waals surface area contributed by atoms with Crippen LogP contribution in [0.15, 0.2) is 0 Å². The first-order valence-electron chi connectivity index (χ1n) is 5.36. The largest absolute Gasteiger partial charge is 0.466 e. The minimum Gasteiger partial charge on any atom is -0.466 e. The Bertz CT molecular complexity index is 259. The van der Waals surface area contributed by atoms with E-state index in [0.29, 0.717) is 6.61 Å². The Kier molecular flexibility index (Phi) is 3.72. The number of ether oxygens (including phenoxy) is 2. The third-order valence-corrected chi connectivity index (χ3v) is 2.73. The SMILES string of the molecule is CCOC(=O)[C@H]1[C@@H](C(C)C)OC(=O)[C@@H]1C. The smallest absolute Gasteiger partial charge is 0.313 e. The van der Waals surface area contributed by atoms with Gasteiger partial charge in [-0.3, -0.25) is 9.59 Å². The van der Waals surface area contributed by atoms with Crippen molar-refractivity contribution < 1.29 is 19.1 Å². The predicted octanol–water partition coefficient (Wildman–Crippen LogP) is 1.38. The van der Waals surface area contributed by atoms with Crippen LogP contribution in [-0.4, -0.2) is 24.6 Å². The lowest BCUT2D eigenvalue weighted by molar-refractivity contribution is -0.151. The van der Waals surface area contributed by atoms with Gasteiger partial charge < -0.3 is 9.47 Å². The lowest BCUT2D eigenvalue weighted by atomic mass is 9.87. The van der Waals surface area contributed by atoms with Crippen molar-refractivity contribution in [1.82, 2.24) is 0 Å². The van der Waals surface area contributed by atoms with E-state index in [2.05, 4.69) is 0 Å². The first-order chi connectivity index (χ1) is 6.99. The highest BCUT2D eigenvalue weighted by molar-refractivity contribution is 5.85. The van der Waals surface area contributed by atoms with Gasteiger partial charge in [0.1, 0.15) is 12.0 Å². The molecule has 1 saturated heterocycles. The molecule has 1 rings (SSSR count). The number of cyclic esters (lactones) is 1. The van der Waals surface area contributed by atoms with E-state index in [1.807, 2.05) is 13.8 Å². The van der Waals surface area contributed by atoms with Crippen LogP contribution in [0.25, 0.3) is 0 Å². The zero-order valence-corrected chi connectivity index (χ0v) is 9.65. The van der Waals surface area contributed by atoms with Gasteiger partial charge >= 0.3 is 11.9 Å². The van der Waals surface area contributed by atoms with Crippen molar-refractivity contribution in [2.45, 2.75) is 33.8 Å². The van der Waals surface area contributed by atoms with Gasteiger partial charge in [-0.2, -0.15) is 0 Å². The molecular formula is C11H18O4. The minimum atomic E-state index is -0.447. The van der Waals surface area contributed by atoms with E-state index in [1.165, 1.54) is 0 Å². The molecule has 0 aromatic heterocycles. The van der Waals surface area contributed by atoms with Crippen molar-refractivity contribution in [3.63, 3.8) is 0 Å². The van der Waals surface area contributed by atoms with E-state index in [4.69, 9.17) is 9.47 Å². The number of rotatable bonds is 3. The highest BCUT2D eigenvalue weighted by Crippen LogP contribution is 2.33. The van der Waals surface area contributed by atoms with E-state index >= 15 is 0 Å². The standard InChI is InChI=1S/C11H18O4/c1-5-14-11(13)8-7(4)10(12)15-9(8)6(2)3/h6-9H,5H2,1-4H3/t7-,8-,9-/m1/s1. The molecule has 0 spiro atoms. The molecule has 1 aliphatic heterocycles. The second-order valence-corrected chi connectivity index (χ2v) is 4.21. The van der Waals surface area contributed by atoms with Crippen molar-refractivity contribution in [1.29, 1.82) is 0 Å². The van der Waals surface area contributed by atoms with Crippen LogP contribution in [-0.2, 0) is 19.1 Å². The quantitative estimate of drug-likeness (QED) is 0.666. The molecule has 0 amide bonds. The molecular weight excluding hydrogens is 196 g/mol. The Labute approximate surface area is 89.9 Å². The van der Waals surface area contributed by atoms with E-state index < -0.39 is 11.8 Å². The van der Waals surface area contributed by atoms with Gasteiger partial charge in [0.15, 0.2) is 0 Å². The molecule has 3 atom stereocenters. The lowest BCUT2D eigenvalue weighted by Gasteiger charge is -2.20. The number of hydrogen-bond donors (Lipinski definition) is 0. The van der Waals surface area contributed by atoms with Gasteiger partial charge in [0.2, 0.25) is 0 Å². The van der Waals surface area contributed by atoms with Gasteiger partial charge in [-0.15, -0.1) is 0 Å². The van der Waals surface area contributed by atoms with Crippen LogP contribution >= 0.6 is 0 Å². The zero-order valence-electron chi connectivity index (χ0n) is 9.65. The summed E-state index contributed by atoms with van der Waals surface area (Å²) in [6.45, 7) is 7.67. The molecule has 1 heterocycles. The second kappa shape index (κ2) is 4.64. The number of carbonyl (C=O) groups excluding carboxylic acids is 2. The molecule has 0 aliphatic carbocycles. The first kappa shape index (κ1) is 12.0. The van der Waals surface area contributed by atoms with E-state index in [-0.39, 0.29) is 24.0 Å². The maximum atomic E-state index is 11.7. The molecule has 0 radical (unpaired) electrons. The summed E-state index contributed by atoms with van der Waals surface area (Å²) in [6, 6.07) is 0. The fraction of sp³-hybridized carbons (Fsp3) is 0.818. The maximum absolute atomic E-state index is 11.7. The molecule has 0 saturated carbocycles. The molecule has 0 bridgehead atoms. The summed E-state index contributed by atoms with van der Waals surface area (Å²) in [5.74, 6) is -1.33. The monoisotopic (exact) mass is 214 g/mol. The van der Waals surface area contributed by atoms with Crippen molar-refractivity contribution in [3.05, 3.63) is 0 Å². The summed E-state index contributed by atoms with van der Waals surface area (Å²) in [6.07, 6.45) is -0.341. The topological polar surface area (TPSA) is 52.6 Å². The Hall–Kier alpha value is -1.06. The zero-order chi connectivity index (χ0) is 11.6. The fourth-order valence-electron chi connectivity index (χ4n) is 1.87. The van der Waals surface area contributed by atoms with Crippen LogP contribution < -0.4 is 0 Å². The van der Waals surface area contributed by atoms with Crippen LogP contribution in [0.2, 0.25) is 0 Å². The molecule has 0 N–H and O–H groups in total. The molecule has 4 heteroatoms. The summed E-state index contributed by atoms with van der Waals surface area (Å²) >= 11 is 0. The predicted molar refractivity (Wildman–Crippen MR) is 54.0 cm³/mol. The summed E-state index contributed by atoms with van der Waals surface area (Å²) in [5, 5.41) is 0. The molecule has 1 aliphatic rings. The number of hydrogen-bond acceptors (Lipinski definition) is 4. The average molecular weight is 214 g/mol. The van der Waals surface area contributed by atoms with Crippen molar-refractivity contribution in [2.75, 3.05) is 6.61 Å². The van der Waals surface area contributed by atoms with Crippen LogP contribution in [0.3, 0.4) is 0 Å². The van der Waals surface area contributed by atoms with E-state index in [1.54, 1.807) is 13.8 Å². The minimum absolute atomic E-state index is 0.133. The summed E-state index contributed by atoms with van der Waals surface area (Å²) in [4.78, 5) is 23.0. The highest BCUT2D eigenvalue weighted by Gasteiger charge is 2.48. The van der Waals surface area contributed by atoms with Gasteiger partial charge in [-0.1, -0.05) is 20.8 Å². The molecule has 0 aromatic rings. The molecule has 86 valence electrons. The first-order valence-corrected chi connectivity index (χ1v) is 5.36. The van der Waals surface area contributed by atoms with Gasteiger partial charge in [-0.25, -0.2) is 0 Å². The lowest BCUT2D eigenvalue weighted by Crippen LogP contribution is -2.33. The van der Waals surface area contributed by atoms with Crippen molar-refractivity contribution in [2.24, 2.45) is 17.8 Å². The molecule has 15 heavy (non-hydrogen) atoms. The molecule has 0 unspecified atom stereocenters.